The van der Waals surface area contributed by atoms with E-state index in [1.807, 2.05) is 12.1 Å². The summed E-state index contributed by atoms with van der Waals surface area (Å²) in [5.41, 5.74) is 1.64. The van der Waals surface area contributed by atoms with E-state index in [9.17, 15) is 0 Å². The van der Waals surface area contributed by atoms with E-state index >= 15 is 0 Å². The lowest BCUT2D eigenvalue weighted by atomic mass is 10.1. The lowest BCUT2D eigenvalue weighted by Gasteiger charge is -2.05. The molecule has 1 aromatic heterocycles. The van der Waals surface area contributed by atoms with Crippen LogP contribution in [0.5, 0.6) is 0 Å². The maximum Gasteiger partial charge on any atom is 0.111 e. The van der Waals surface area contributed by atoms with E-state index < -0.39 is 0 Å². The van der Waals surface area contributed by atoms with Gasteiger partial charge in [-0.05, 0) is 24.1 Å². The Kier molecular flexibility index (Phi) is 4.34. The summed E-state index contributed by atoms with van der Waals surface area (Å²) in [6, 6.07) is 5.53. The lowest BCUT2D eigenvalue weighted by molar-refractivity contribution is 0.735. The lowest BCUT2D eigenvalue weighted by Crippen LogP contribution is -2.11. The Morgan fingerprint density at radius 3 is 2.94 bits per heavy atom. The zero-order valence-electron chi connectivity index (χ0n) is 9.20. The SMILES string of the molecule is CCNCc1snnc1-c1cccc(Cl)c1Cl. The predicted molar refractivity (Wildman–Crippen MR) is 72.7 cm³/mol. The van der Waals surface area contributed by atoms with Crippen LogP contribution in [0.25, 0.3) is 11.3 Å². The smallest absolute Gasteiger partial charge is 0.111 e. The Labute approximate surface area is 114 Å². The Morgan fingerprint density at radius 1 is 1.35 bits per heavy atom. The first-order valence-corrected chi connectivity index (χ1v) is 6.73. The Hall–Kier alpha value is -0.680. The maximum absolute atomic E-state index is 6.18. The normalized spacial score (nSPS) is 10.8. The van der Waals surface area contributed by atoms with Gasteiger partial charge in [0.05, 0.1) is 14.9 Å². The number of halogens is 2. The Bertz CT molecular complexity index is 513. The first kappa shape index (κ1) is 12.8. The van der Waals surface area contributed by atoms with Crippen LogP contribution in [0.1, 0.15) is 11.8 Å². The van der Waals surface area contributed by atoms with Crippen molar-refractivity contribution in [2.75, 3.05) is 6.54 Å². The van der Waals surface area contributed by atoms with Crippen molar-refractivity contribution in [1.29, 1.82) is 0 Å². The van der Waals surface area contributed by atoms with E-state index in [2.05, 4.69) is 21.8 Å². The van der Waals surface area contributed by atoms with E-state index in [1.165, 1.54) is 11.5 Å². The zero-order valence-corrected chi connectivity index (χ0v) is 11.5. The van der Waals surface area contributed by atoms with Gasteiger partial charge in [0.1, 0.15) is 5.69 Å². The van der Waals surface area contributed by atoms with Gasteiger partial charge in [-0.25, -0.2) is 0 Å². The van der Waals surface area contributed by atoms with Crippen LogP contribution >= 0.6 is 34.7 Å². The predicted octanol–water partition coefficient (Wildman–Crippen LogP) is 3.62. The van der Waals surface area contributed by atoms with E-state index in [0.717, 1.165) is 29.2 Å². The van der Waals surface area contributed by atoms with Crippen LogP contribution < -0.4 is 5.32 Å². The number of hydrogen-bond acceptors (Lipinski definition) is 4. The monoisotopic (exact) mass is 287 g/mol. The van der Waals surface area contributed by atoms with Gasteiger partial charge in [0.2, 0.25) is 0 Å². The van der Waals surface area contributed by atoms with Crippen LogP contribution in [-0.2, 0) is 6.54 Å². The molecule has 0 amide bonds. The van der Waals surface area contributed by atoms with Gasteiger partial charge >= 0.3 is 0 Å². The molecule has 0 saturated carbocycles. The van der Waals surface area contributed by atoms with Crippen molar-refractivity contribution in [3.8, 4) is 11.3 Å². The summed E-state index contributed by atoms with van der Waals surface area (Å²) in [6.07, 6.45) is 0. The molecule has 1 aromatic carbocycles. The van der Waals surface area contributed by atoms with Gasteiger partial charge in [-0.15, -0.1) is 5.10 Å². The minimum atomic E-state index is 0.527. The molecule has 90 valence electrons. The molecule has 0 unspecified atom stereocenters. The van der Waals surface area contributed by atoms with Crippen molar-refractivity contribution >= 4 is 34.7 Å². The highest BCUT2D eigenvalue weighted by molar-refractivity contribution is 7.06. The molecule has 0 aliphatic carbocycles. The average molecular weight is 288 g/mol. The fourth-order valence-electron chi connectivity index (χ4n) is 1.45. The van der Waals surface area contributed by atoms with E-state index in [1.54, 1.807) is 6.07 Å². The van der Waals surface area contributed by atoms with Crippen LogP contribution in [0.2, 0.25) is 10.0 Å². The second kappa shape index (κ2) is 5.78. The van der Waals surface area contributed by atoms with Gasteiger partial charge in [-0.3, -0.25) is 0 Å². The Morgan fingerprint density at radius 2 is 2.18 bits per heavy atom. The Balaban J connectivity index is 2.39. The van der Waals surface area contributed by atoms with Crippen molar-refractivity contribution in [3.05, 3.63) is 33.1 Å². The highest BCUT2D eigenvalue weighted by Gasteiger charge is 2.14. The molecule has 0 aliphatic heterocycles. The van der Waals surface area contributed by atoms with E-state index in [0.29, 0.717) is 10.0 Å². The van der Waals surface area contributed by atoms with E-state index in [-0.39, 0.29) is 0 Å². The van der Waals surface area contributed by atoms with Crippen molar-refractivity contribution < 1.29 is 0 Å². The number of rotatable bonds is 4. The first-order valence-electron chi connectivity index (χ1n) is 5.20. The summed E-state index contributed by atoms with van der Waals surface area (Å²) >= 11 is 13.5. The number of hydrogen-bond donors (Lipinski definition) is 1. The average Bonchev–Trinajstić information content (AvgIpc) is 2.78. The molecule has 0 atom stereocenters. The molecule has 1 N–H and O–H groups in total. The summed E-state index contributed by atoms with van der Waals surface area (Å²) in [4.78, 5) is 1.07. The van der Waals surface area contributed by atoms with Gasteiger partial charge in [0.15, 0.2) is 0 Å². The quantitative estimate of drug-likeness (QED) is 0.933. The fourth-order valence-corrected chi connectivity index (χ4v) is 2.47. The third-order valence-electron chi connectivity index (χ3n) is 2.30. The molecule has 17 heavy (non-hydrogen) atoms. The molecule has 2 rings (SSSR count). The third-order valence-corrected chi connectivity index (χ3v) is 3.84. The highest BCUT2D eigenvalue weighted by Crippen LogP contribution is 2.34. The molecule has 2 aromatic rings. The van der Waals surface area contributed by atoms with Gasteiger partial charge in [0, 0.05) is 12.1 Å². The summed E-state index contributed by atoms with van der Waals surface area (Å²) in [5, 5.41) is 8.44. The molecule has 0 saturated heterocycles. The molecule has 0 spiro atoms. The molecule has 3 nitrogen and oxygen atoms in total. The largest absolute Gasteiger partial charge is 0.312 e. The standard InChI is InChI=1S/C11H11Cl2N3S/c1-2-14-6-9-11(15-16-17-9)7-4-3-5-8(12)10(7)13/h3-5,14H,2,6H2,1H3. The number of nitrogens with one attached hydrogen (secondary N) is 1. The fraction of sp³-hybridized carbons (Fsp3) is 0.273. The molecule has 0 radical (unpaired) electrons. The minimum absolute atomic E-state index is 0.527. The van der Waals surface area contributed by atoms with Crippen LogP contribution in [0.4, 0.5) is 0 Å². The van der Waals surface area contributed by atoms with Gasteiger partial charge in [-0.1, -0.05) is 46.7 Å². The number of benzene rings is 1. The summed E-state index contributed by atoms with van der Waals surface area (Å²) in [6.45, 7) is 3.70. The van der Waals surface area contributed by atoms with Crippen LogP contribution in [0.3, 0.4) is 0 Å². The first-order chi connectivity index (χ1) is 8.24. The van der Waals surface area contributed by atoms with Crippen LogP contribution in [-0.4, -0.2) is 16.1 Å². The van der Waals surface area contributed by atoms with Crippen molar-refractivity contribution in [2.45, 2.75) is 13.5 Å². The molecule has 1 heterocycles. The second-order valence-corrected chi connectivity index (χ2v) is 5.05. The van der Waals surface area contributed by atoms with Crippen LogP contribution in [0.15, 0.2) is 18.2 Å². The molecular weight excluding hydrogens is 277 g/mol. The summed E-state index contributed by atoms with van der Waals surface area (Å²) in [7, 11) is 0. The minimum Gasteiger partial charge on any atom is -0.312 e. The number of aromatic nitrogens is 2. The van der Waals surface area contributed by atoms with E-state index in [4.69, 9.17) is 23.2 Å². The molecule has 6 heteroatoms. The molecule has 0 bridgehead atoms. The van der Waals surface area contributed by atoms with Gasteiger partial charge in [0.25, 0.3) is 0 Å². The summed E-state index contributed by atoms with van der Waals surface area (Å²) in [5.74, 6) is 0. The molecule has 0 fully saturated rings. The molecule has 0 aliphatic rings. The zero-order chi connectivity index (χ0) is 12.3. The second-order valence-electron chi connectivity index (χ2n) is 3.43. The summed E-state index contributed by atoms with van der Waals surface area (Å²) < 4.78 is 3.97. The number of nitrogens with zero attached hydrogens (tertiary/aromatic N) is 2. The van der Waals surface area contributed by atoms with Gasteiger partial charge < -0.3 is 5.32 Å². The highest BCUT2D eigenvalue weighted by atomic mass is 35.5. The third kappa shape index (κ3) is 2.77. The van der Waals surface area contributed by atoms with Crippen molar-refractivity contribution in [1.82, 2.24) is 14.9 Å². The van der Waals surface area contributed by atoms with Crippen LogP contribution in [0, 0.1) is 0 Å². The topological polar surface area (TPSA) is 37.8 Å². The van der Waals surface area contributed by atoms with Gasteiger partial charge in [-0.2, -0.15) is 0 Å². The maximum atomic E-state index is 6.18. The van der Waals surface area contributed by atoms with Crippen molar-refractivity contribution in [2.24, 2.45) is 0 Å². The van der Waals surface area contributed by atoms with Crippen molar-refractivity contribution in [3.63, 3.8) is 0 Å². The molecular formula is C11H11Cl2N3S.